The van der Waals surface area contributed by atoms with Crippen LogP contribution in [0, 0.1) is 0 Å². The van der Waals surface area contributed by atoms with Gasteiger partial charge < -0.3 is 9.67 Å². The molecule has 2 aromatic rings. The number of aromatic nitrogens is 3. The minimum absolute atomic E-state index is 0.0335. The second-order valence-electron chi connectivity index (χ2n) is 4.45. The molecule has 2 rings (SSSR count). The Labute approximate surface area is 126 Å². The second kappa shape index (κ2) is 6.90. The number of aliphatic carboxylic acids is 1. The zero-order chi connectivity index (χ0) is 14.5. The Balaban J connectivity index is 2.15. The number of imidazole rings is 1. The van der Waals surface area contributed by atoms with Crippen molar-refractivity contribution in [2.45, 2.75) is 37.9 Å². The highest BCUT2D eigenvalue weighted by molar-refractivity contribution is 7.99. The van der Waals surface area contributed by atoms with Crippen LogP contribution >= 0.6 is 23.1 Å². The van der Waals surface area contributed by atoms with E-state index in [2.05, 4.69) is 28.4 Å². The van der Waals surface area contributed by atoms with Gasteiger partial charge in [0.25, 0.3) is 0 Å². The van der Waals surface area contributed by atoms with Crippen LogP contribution in [0.15, 0.2) is 22.9 Å². The highest BCUT2D eigenvalue weighted by Crippen LogP contribution is 2.25. The fourth-order valence-corrected chi connectivity index (χ4v) is 3.36. The van der Waals surface area contributed by atoms with E-state index in [4.69, 9.17) is 5.11 Å². The number of carboxylic acids is 1. The molecule has 0 amide bonds. The van der Waals surface area contributed by atoms with E-state index in [9.17, 15) is 4.79 Å². The maximum atomic E-state index is 10.7. The van der Waals surface area contributed by atoms with Gasteiger partial charge in [-0.25, -0.2) is 9.97 Å². The van der Waals surface area contributed by atoms with E-state index in [0.717, 1.165) is 28.8 Å². The number of hydrogen-bond acceptors (Lipinski definition) is 5. The molecular formula is C13H17N3O2S2. The number of thioether (sulfide) groups is 1. The average molecular weight is 311 g/mol. The van der Waals surface area contributed by atoms with Crippen LogP contribution in [-0.4, -0.2) is 31.4 Å². The van der Waals surface area contributed by atoms with E-state index in [1.165, 1.54) is 11.8 Å². The molecule has 0 radical (unpaired) electrons. The van der Waals surface area contributed by atoms with Gasteiger partial charge in [-0.3, -0.25) is 4.79 Å². The van der Waals surface area contributed by atoms with Crippen molar-refractivity contribution in [2.24, 2.45) is 0 Å². The van der Waals surface area contributed by atoms with Gasteiger partial charge in [-0.15, -0.1) is 11.3 Å². The summed E-state index contributed by atoms with van der Waals surface area (Å²) >= 11 is 2.91. The molecule has 108 valence electrons. The van der Waals surface area contributed by atoms with Gasteiger partial charge in [0.05, 0.1) is 10.8 Å². The van der Waals surface area contributed by atoms with Crippen molar-refractivity contribution in [3.63, 3.8) is 0 Å². The Morgan fingerprint density at radius 3 is 2.95 bits per heavy atom. The lowest BCUT2D eigenvalue weighted by Crippen LogP contribution is -2.11. The number of nitrogens with zero attached hydrogens (tertiary/aromatic N) is 3. The summed E-state index contributed by atoms with van der Waals surface area (Å²) in [5.74, 6) is -0.500. The summed E-state index contributed by atoms with van der Waals surface area (Å²) in [4.78, 5) is 19.4. The van der Waals surface area contributed by atoms with Crippen LogP contribution in [0.25, 0.3) is 0 Å². The highest BCUT2D eigenvalue weighted by atomic mass is 32.2. The van der Waals surface area contributed by atoms with Crippen LogP contribution in [0.4, 0.5) is 0 Å². The Morgan fingerprint density at radius 2 is 2.35 bits per heavy atom. The molecule has 0 spiro atoms. The number of aryl methyl sites for hydroxylation is 1. The minimum Gasteiger partial charge on any atom is -0.481 e. The van der Waals surface area contributed by atoms with E-state index in [1.54, 1.807) is 11.3 Å². The Hall–Kier alpha value is -1.34. The molecule has 5 nitrogen and oxygen atoms in total. The molecule has 1 N–H and O–H groups in total. The Bertz CT molecular complexity index is 566. The molecule has 0 saturated heterocycles. The van der Waals surface area contributed by atoms with Crippen LogP contribution < -0.4 is 0 Å². The van der Waals surface area contributed by atoms with Gasteiger partial charge in [-0.2, -0.15) is 0 Å². The number of carboxylic acid groups (broad SMARTS) is 1. The van der Waals surface area contributed by atoms with Crippen LogP contribution in [0.5, 0.6) is 0 Å². The number of carbonyl (C=O) groups is 1. The molecule has 0 saturated carbocycles. The normalized spacial score (nSPS) is 12.5. The van der Waals surface area contributed by atoms with E-state index >= 15 is 0 Å². The van der Waals surface area contributed by atoms with Crippen molar-refractivity contribution in [1.82, 2.24) is 14.5 Å². The third-order valence-electron chi connectivity index (χ3n) is 2.92. The molecule has 0 aliphatic rings. The largest absolute Gasteiger partial charge is 0.481 e. The molecule has 20 heavy (non-hydrogen) atoms. The third kappa shape index (κ3) is 3.61. The molecular weight excluding hydrogens is 294 g/mol. The molecule has 0 aliphatic heterocycles. The SMILES string of the molecule is CCc1cnc(SCC(=O)O)n1CC(C)c1nccs1. The fourth-order valence-electron chi connectivity index (χ4n) is 1.94. The van der Waals surface area contributed by atoms with Crippen LogP contribution in [-0.2, 0) is 17.8 Å². The molecule has 0 bridgehead atoms. The standard InChI is InChI=1S/C13H17N3O2S2/c1-3-10-6-15-13(20-8-11(17)18)16(10)7-9(2)12-14-4-5-19-12/h4-6,9H,3,7-8H2,1-2H3,(H,17,18). The lowest BCUT2D eigenvalue weighted by molar-refractivity contribution is -0.133. The summed E-state index contributed by atoms with van der Waals surface area (Å²) in [6.07, 6.45) is 4.52. The summed E-state index contributed by atoms with van der Waals surface area (Å²) in [6, 6.07) is 0. The van der Waals surface area contributed by atoms with Crippen molar-refractivity contribution in [3.8, 4) is 0 Å². The predicted molar refractivity (Wildman–Crippen MR) is 80.5 cm³/mol. The van der Waals surface area contributed by atoms with Gasteiger partial charge in [-0.05, 0) is 6.42 Å². The van der Waals surface area contributed by atoms with E-state index in [1.807, 2.05) is 17.8 Å². The number of hydrogen-bond donors (Lipinski definition) is 1. The topological polar surface area (TPSA) is 68.0 Å². The van der Waals surface area contributed by atoms with Gasteiger partial charge in [-0.1, -0.05) is 25.6 Å². The first kappa shape index (κ1) is 15.1. The summed E-state index contributed by atoms with van der Waals surface area (Å²) in [5.41, 5.74) is 1.13. The lowest BCUT2D eigenvalue weighted by Gasteiger charge is -2.14. The van der Waals surface area contributed by atoms with Crippen molar-refractivity contribution in [3.05, 3.63) is 28.5 Å². The molecule has 2 heterocycles. The number of thiazole rings is 1. The van der Waals surface area contributed by atoms with Crippen molar-refractivity contribution >= 4 is 29.1 Å². The predicted octanol–water partition coefficient (Wildman–Crippen LogP) is 2.88. The molecule has 2 aromatic heterocycles. The summed E-state index contributed by atoms with van der Waals surface area (Å²) < 4.78 is 2.11. The quantitative estimate of drug-likeness (QED) is 0.796. The van der Waals surface area contributed by atoms with Gasteiger partial charge >= 0.3 is 5.97 Å². The van der Waals surface area contributed by atoms with Gasteiger partial charge in [0, 0.05) is 35.9 Å². The van der Waals surface area contributed by atoms with Crippen molar-refractivity contribution in [1.29, 1.82) is 0 Å². The Morgan fingerprint density at radius 1 is 1.55 bits per heavy atom. The first-order valence-corrected chi connectivity index (χ1v) is 8.26. The summed E-state index contributed by atoms with van der Waals surface area (Å²) in [5, 5.41) is 12.6. The maximum Gasteiger partial charge on any atom is 0.313 e. The van der Waals surface area contributed by atoms with E-state index in [0.29, 0.717) is 5.92 Å². The van der Waals surface area contributed by atoms with Crippen LogP contribution in [0.1, 0.15) is 30.5 Å². The molecule has 0 aliphatic carbocycles. The summed E-state index contributed by atoms with van der Waals surface area (Å²) in [6.45, 7) is 4.98. The van der Waals surface area contributed by atoms with Gasteiger partial charge in [0.15, 0.2) is 5.16 Å². The first-order valence-electron chi connectivity index (χ1n) is 6.40. The first-order chi connectivity index (χ1) is 9.61. The van der Waals surface area contributed by atoms with Crippen molar-refractivity contribution in [2.75, 3.05) is 5.75 Å². The highest BCUT2D eigenvalue weighted by Gasteiger charge is 2.16. The van der Waals surface area contributed by atoms with Gasteiger partial charge in [0.1, 0.15) is 0 Å². The van der Waals surface area contributed by atoms with E-state index in [-0.39, 0.29) is 5.75 Å². The third-order valence-corrected chi connectivity index (χ3v) is 4.90. The zero-order valence-corrected chi connectivity index (χ0v) is 13.1. The lowest BCUT2D eigenvalue weighted by atomic mass is 10.2. The Kier molecular flexibility index (Phi) is 5.19. The van der Waals surface area contributed by atoms with Crippen LogP contribution in [0.3, 0.4) is 0 Å². The van der Waals surface area contributed by atoms with Crippen LogP contribution in [0.2, 0.25) is 0 Å². The monoisotopic (exact) mass is 311 g/mol. The molecule has 7 heteroatoms. The zero-order valence-electron chi connectivity index (χ0n) is 11.4. The number of rotatable bonds is 7. The average Bonchev–Trinajstić information content (AvgIpc) is 3.05. The molecule has 1 unspecified atom stereocenters. The fraction of sp³-hybridized carbons (Fsp3) is 0.462. The second-order valence-corrected chi connectivity index (χ2v) is 6.32. The van der Waals surface area contributed by atoms with Gasteiger partial charge in [0.2, 0.25) is 0 Å². The summed E-state index contributed by atoms with van der Waals surface area (Å²) in [7, 11) is 0. The van der Waals surface area contributed by atoms with Crippen molar-refractivity contribution < 1.29 is 9.90 Å². The maximum absolute atomic E-state index is 10.7. The molecule has 0 fully saturated rings. The molecule has 1 atom stereocenters. The van der Waals surface area contributed by atoms with E-state index < -0.39 is 5.97 Å². The molecule has 0 aromatic carbocycles. The minimum atomic E-state index is -0.824. The smallest absolute Gasteiger partial charge is 0.313 e.